The Morgan fingerprint density at radius 3 is 2.48 bits per heavy atom. The summed E-state index contributed by atoms with van der Waals surface area (Å²) in [5.74, 6) is 1.30. The topological polar surface area (TPSA) is 47.0 Å². The van der Waals surface area contributed by atoms with Gasteiger partial charge in [-0.1, -0.05) is 27.7 Å². The van der Waals surface area contributed by atoms with Crippen molar-refractivity contribution in [2.75, 3.05) is 13.2 Å². The molecule has 118 valence electrons. The summed E-state index contributed by atoms with van der Waals surface area (Å²) >= 11 is 0. The van der Waals surface area contributed by atoms with E-state index in [1.54, 1.807) is 0 Å². The number of nitrogens with one attached hydrogen (secondary N) is 1. The van der Waals surface area contributed by atoms with Crippen molar-refractivity contribution < 1.29 is 4.74 Å². The van der Waals surface area contributed by atoms with E-state index in [-0.39, 0.29) is 5.60 Å². The first kappa shape index (κ1) is 16.4. The maximum atomic E-state index is 6.10. The van der Waals surface area contributed by atoms with Gasteiger partial charge in [0.25, 0.3) is 0 Å². The molecular weight excluding hydrogens is 262 g/mol. The van der Waals surface area contributed by atoms with Crippen LogP contribution in [0.4, 0.5) is 0 Å². The number of hydrogen-bond donors (Lipinski definition) is 1. The van der Waals surface area contributed by atoms with E-state index in [0.29, 0.717) is 12.5 Å². The second kappa shape index (κ2) is 6.84. The van der Waals surface area contributed by atoms with Crippen LogP contribution in [-0.4, -0.2) is 23.1 Å². The fraction of sp³-hybridized carbons (Fsp3) is 0.765. The van der Waals surface area contributed by atoms with Gasteiger partial charge >= 0.3 is 0 Å². The number of hydrogen-bond acceptors (Lipinski definition) is 4. The predicted molar refractivity (Wildman–Crippen MR) is 85.4 cm³/mol. The third-order valence-electron chi connectivity index (χ3n) is 4.48. The number of ether oxygens (including phenoxy) is 1. The van der Waals surface area contributed by atoms with E-state index in [0.717, 1.165) is 38.2 Å². The molecule has 2 rings (SSSR count). The largest absolute Gasteiger partial charge is 0.367 e. The monoisotopic (exact) mass is 291 g/mol. The summed E-state index contributed by atoms with van der Waals surface area (Å²) in [5, 5.41) is 3.44. The highest BCUT2D eigenvalue weighted by molar-refractivity contribution is 5.31. The van der Waals surface area contributed by atoms with Gasteiger partial charge in [0, 0.05) is 31.7 Å². The summed E-state index contributed by atoms with van der Waals surface area (Å²) < 4.78 is 6.10. The fourth-order valence-corrected chi connectivity index (χ4v) is 3.16. The molecule has 0 saturated carbocycles. The SMILES string of the molecule is CCOC(CC)(CC)c1nc2c(c(C(C)C)n1)CNCC2. The van der Waals surface area contributed by atoms with Crippen molar-refractivity contribution in [1.29, 1.82) is 0 Å². The molecule has 4 heteroatoms. The van der Waals surface area contributed by atoms with Crippen molar-refractivity contribution in [3.8, 4) is 0 Å². The molecule has 0 radical (unpaired) electrons. The fourth-order valence-electron chi connectivity index (χ4n) is 3.16. The molecule has 0 spiro atoms. The molecule has 0 bridgehead atoms. The van der Waals surface area contributed by atoms with Gasteiger partial charge in [0.1, 0.15) is 5.60 Å². The Bertz CT molecular complexity index is 481. The molecule has 0 saturated heterocycles. The standard InChI is InChI=1S/C17H29N3O/c1-6-17(7-2,21-8-3)16-19-14-9-10-18-11-13(14)15(20-16)12(4)5/h12,18H,6-11H2,1-5H3. The van der Waals surface area contributed by atoms with E-state index in [1.165, 1.54) is 17.0 Å². The quantitative estimate of drug-likeness (QED) is 0.873. The summed E-state index contributed by atoms with van der Waals surface area (Å²) in [6.07, 6.45) is 2.80. The van der Waals surface area contributed by atoms with Crippen LogP contribution in [0.1, 0.15) is 76.2 Å². The average Bonchev–Trinajstić information content (AvgIpc) is 2.51. The van der Waals surface area contributed by atoms with Crippen molar-refractivity contribution >= 4 is 0 Å². The van der Waals surface area contributed by atoms with E-state index < -0.39 is 0 Å². The second-order valence-electron chi connectivity index (χ2n) is 6.07. The number of fused-ring (bicyclic) bond motifs is 1. The Labute approximate surface area is 128 Å². The first-order valence-electron chi connectivity index (χ1n) is 8.32. The summed E-state index contributed by atoms with van der Waals surface area (Å²) in [7, 11) is 0. The zero-order valence-electron chi connectivity index (χ0n) is 14.1. The normalized spacial score (nSPS) is 15.3. The molecule has 0 unspecified atom stereocenters. The number of nitrogens with zero attached hydrogens (tertiary/aromatic N) is 2. The molecular formula is C17H29N3O. The van der Waals surface area contributed by atoms with Crippen LogP contribution in [0.5, 0.6) is 0 Å². The minimum atomic E-state index is -0.335. The van der Waals surface area contributed by atoms with E-state index >= 15 is 0 Å². The van der Waals surface area contributed by atoms with Crippen molar-refractivity contribution in [3.05, 3.63) is 22.8 Å². The molecule has 4 nitrogen and oxygen atoms in total. The summed E-state index contributed by atoms with van der Waals surface area (Å²) in [5.41, 5.74) is 3.37. The summed E-state index contributed by atoms with van der Waals surface area (Å²) in [6, 6.07) is 0. The number of rotatable bonds is 6. The molecule has 0 aliphatic carbocycles. The van der Waals surface area contributed by atoms with Gasteiger partial charge in [-0.2, -0.15) is 0 Å². The maximum Gasteiger partial charge on any atom is 0.160 e. The highest BCUT2D eigenvalue weighted by Crippen LogP contribution is 2.33. The maximum absolute atomic E-state index is 6.10. The Morgan fingerprint density at radius 1 is 1.19 bits per heavy atom. The first-order valence-corrected chi connectivity index (χ1v) is 8.32. The van der Waals surface area contributed by atoms with Crippen molar-refractivity contribution in [2.45, 2.75) is 71.9 Å². The Morgan fingerprint density at radius 2 is 1.90 bits per heavy atom. The van der Waals surface area contributed by atoms with Crippen molar-refractivity contribution in [1.82, 2.24) is 15.3 Å². The Kier molecular flexibility index (Phi) is 5.33. The zero-order valence-corrected chi connectivity index (χ0v) is 14.1. The summed E-state index contributed by atoms with van der Waals surface area (Å²) in [4.78, 5) is 9.86. The van der Waals surface area contributed by atoms with Crippen LogP contribution in [-0.2, 0) is 23.3 Å². The van der Waals surface area contributed by atoms with Crippen LogP contribution < -0.4 is 5.32 Å². The molecule has 0 fully saturated rings. The van der Waals surface area contributed by atoms with E-state index in [4.69, 9.17) is 14.7 Å². The molecule has 0 aromatic carbocycles. The third kappa shape index (κ3) is 3.11. The highest BCUT2D eigenvalue weighted by Gasteiger charge is 2.34. The van der Waals surface area contributed by atoms with Crippen LogP contribution in [0, 0.1) is 0 Å². The van der Waals surface area contributed by atoms with Crippen molar-refractivity contribution in [3.63, 3.8) is 0 Å². The lowest BCUT2D eigenvalue weighted by Crippen LogP contribution is -2.34. The van der Waals surface area contributed by atoms with Gasteiger partial charge in [-0.3, -0.25) is 0 Å². The van der Waals surface area contributed by atoms with E-state index in [9.17, 15) is 0 Å². The molecule has 1 aliphatic rings. The predicted octanol–water partition coefficient (Wildman–Crippen LogP) is 3.30. The van der Waals surface area contributed by atoms with Crippen LogP contribution in [0.3, 0.4) is 0 Å². The van der Waals surface area contributed by atoms with Crippen LogP contribution in [0.15, 0.2) is 0 Å². The lowest BCUT2D eigenvalue weighted by Gasteiger charge is -2.32. The van der Waals surface area contributed by atoms with E-state index in [1.807, 2.05) is 6.92 Å². The van der Waals surface area contributed by atoms with Gasteiger partial charge in [-0.15, -0.1) is 0 Å². The molecule has 1 N–H and O–H groups in total. The average molecular weight is 291 g/mol. The van der Waals surface area contributed by atoms with Crippen LogP contribution in [0.2, 0.25) is 0 Å². The molecule has 21 heavy (non-hydrogen) atoms. The van der Waals surface area contributed by atoms with Crippen LogP contribution >= 0.6 is 0 Å². The summed E-state index contributed by atoms with van der Waals surface area (Å²) in [6.45, 7) is 13.4. The van der Waals surface area contributed by atoms with Gasteiger partial charge in [-0.05, 0) is 25.7 Å². The van der Waals surface area contributed by atoms with Crippen molar-refractivity contribution in [2.24, 2.45) is 0 Å². The molecule has 2 heterocycles. The highest BCUT2D eigenvalue weighted by atomic mass is 16.5. The van der Waals surface area contributed by atoms with E-state index in [2.05, 4.69) is 33.0 Å². The molecule has 1 aromatic heterocycles. The number of aromatic nitrogens is 2. The molecule has 0 amide bonds. The Balaban J connectivity index is 2.55. The Hall–Kier alpha value is -1.00. The molecule has 1 aromatic rings. The molecule has 0 atom stereocenters. The minimum absolute atomic E-state index is 0.335. The second-order valence-corrected chi connectivity index (χ2v) is 6.07. The third-order valence-corrected chi connectivity index (χ3v) is 4.48. The first-order chi connectivity index (χ1) is 10.1. The molecule has 1 aliphatic heterocycles. The van der Waals surface area contributed by atoms with Gasteiger partial charge in [0.2, 0.25) is 0 Å². The van der Waals surface area contributed by atoms with Gasteiger partial charge in [0.15, 0.2) is 5.82 Å². The smallest absolute Gasteiger partial charge is 0.160 e. The zero-order chi connectivity index (χ0) is 15.5. The van der Waals surface area contributed by atoms with Crippen LogP contribution in [0.25, 0.3) is 0 Å². The van der Waals surface area contributed by atoms with Gasteiger partial charge in [0.05, 0.1) is 11.4 Å². The van der Waals surface area contributed by atoms with Gasteiger partial charge in [-0.25, -0.2) is 9.97 Å². The van der Waals surface area contributed by atoms with Gasteiger partial charge < -0.3 is 10.1 Å². The lowest BCUT2D eigenvalue weighted by molar-refractivity contribution is -0.0575. The lowest BCUT2D eigenvalue weighted by atomic mass is 9.93. The minimum Gasteiger partial charge on any atom is -0.367 e.